The second-order valence-corrected chi connectivity index (χ2v) is 4.34. The highest BCUT2D eigenvalue weighted by Gasteiger charge is 2.33. The zero-order valence-electron chi connectivity index (χ0n) is 7.68. The van der Waals surface area contributed by atoms with Crippen LogP contribution in [0.2, 0.25) is 0 Å². The van der Waals surface area contributed by atoms with E-state index in [-0.39, 0.29) is 17.9 Å². The maximum Gasteiger partial charge on any atom is 0.230 e. The summed E-state index contributed by atoms with van der Waals surface area (Å²) in [6.07, 6.45) is 4.41. The van der Waals surface area contributed by atoms with Crippen LogP contribution in [0.5, 0.6) is 0 Å². The van der Waals surface area contributed by atoms with Crippen LogP contribution < -0.4 is 5.32 Å². The van der Waals surface area contributed by atoms with Crippen LogP contribution in [0.4, 0.5) is 0 Å². The molecule has 0 bridgehead atoms. The van der Waals surface area contributed by atoms with Gasteiger partial charge in [0.1, 0.15) is 0 Å². The Labute approximate surface area is 87.0 Å². The predicted molar refractivity (Wildman–Crippen MR) is 54.8 cm³/mol. The van der Waals surface area contributed by atoms with E-state index in [1.807, 2.05) is 0 Å². The minimum Gasteiger partial charge on any atom is -0.396 e. The van der Waals surface area contributed by atoms with Gasteiger partial charge >= 0.3 is 0 Å². The number of alkyl halides is 1. The molecule has 0 heterocycles. The molecule has 0 saturated heterocycles. The number of amides is 1. The Balaban J connectivity index is 2.35. The fourth-order valence-electron chi connectivity index (χ4n) is 1.85. The van der Waals surface area contributed by atoms with Crippen LogP contribution >= 0.6 is 15.9 Å². The highest BCUT2D eigenvalue weighted by atomic mass is 79.9. The van der Waals surface area contributed by atoms with Crippen molar-refractivity contribution in [3.05, 3.63) is 0 Å². The molecule has 3 nitrogen and oxygen atoms in total. The van der Waals surface area contributed by atoms with Crippen molar-refractivity contribution >= 4 is 21.8 Å². The van der Waals surface area contributed by atoms with E-state index in [0.717, 1.165) is 12.8 Å². The summed E-state index contributed by atoms with van der Waals surface area (Å²) in [6.45, 7) is 0.809. The standard InChI is InChI=1S/C9H16BrNO2/c10-5-8(13)11-6-9(7-12)3-1-2-4-9/h12H,1-7H2,(H,11,13). The van der Waals surface area contributed by atoms with Gasteiger partial charge in [-0.05, 0) is 12.8 Å². The van der Waals surface area contributed by atoms with E-state index in [9.17, 15) is 9.90 Å². The molecule has 0 unspecified atom stereocenters. The number of halogens is 1. The minimum atomic E-state index is -0.0299. The highest BCUT2D eigenvalue weighted by molar-refractivity contribution is 9.09. The van der Waals surface area contributed by atoms with E-state index < -0.39 is 0 Å². The number of nitrogens with one attached hydrogen (secondary N) is 1. The number of hydrogen-bond acceptors (Lipinski definition) is 2. The Morgan fingerprint density at radius 3 is 2.54 bits per heavy atom. The van der Waals surface area contributed by atoms with Gasteiger partial charge in [-0.15, -0.1) is 0 Å². The summed E-state index contributed by atoms with van der Waals surface area (Å²) in [5.41, 5.74) is -0.0299. The van der Waals surface area contributed by atoms with E-state index in [1.165, 1.54) is 12.8 Å². The first-order valence-corrected chi connectivity index (χ1v) is 5.78. The molecule has 1 aliphatic carbocycles. The molecule has 0 aromatic carbocycles. The van der Waals surface area contributed by atoms with Gasteiger partial charge in [0.25, 0.3) is 0 Å². The van der Waals surface area contributed by atoms with Crippen LogP contribution in [0, 0.1) is 5.41 Å². The third-order valence-corrected chi connectivity index (χ3v) is 3.29. The first kappa shape index (κ1) is 11.0. The molecule has 0 aromatic rings. The summed E-state index contributed by atoms with van der Waals surface area (Å²) in [4.78, 5) is 11.0. The molecule has 1 fully saturated rings. The average Bonchev–Trinajstić information content (AvgIpc) is 2.63. The number of carbonyl (C=O) groups excluding carboxylic acids is 1. The molecule has 0 atom stereocenters. The van der Waals surface area contributed by atoms with Gasteiger partial charge in [0, 0.05) is 12.0 Å². The van der Waals surface area contributed by atoms with Gasteiger partial charge in [-0.2, -0.15) is 0 Å². The van der Waals surface area contributed by atoms with Crippen molar-refractivity contribution in [3.63, 3.8) is 0 Å². The lowest BCUT2D eigenvalue weighted by atomic mass is 9.87. The molecule has 1 saturated carbocycles. The zero-order chi connectivity index (χ0) is 9.73. The van der Waals surface area contributed by atoms with Crippen molar-refractivity contribution in [2.24, 2.45) is 5.41 Å². The first-order valence-electron chi connectivity index (χ1n) is 4.66. The Kier molecular flexibility index (Phi) is 4.19. The molecular weight excluding hydrogens is 234 g/mol. The molecule has 0 radical (unpaired) electrons. The topological polar surface area (TPSA) is 49.3 Å². The molecule has 76 valence electrons. The van der Waals surface area contributed by atoms with E-state index in [1.54, 1.807) is 0 Å². The fourth-order valence-corrected chi connectivity index (χ4v) is 2.05. The molecule has 13 heavy (non-hydrogen) atoms. The SMILES string of the molecule is O=C(CBr)NCC1(CO)CCCC1. The van der Waals surface area contributed by atoms with Crippen LogP contribution in [-0.2, 0) is 4.79 Å². The summed E-state index contributed by atoms with van der Waals surface area (Å²) in [6, 6.07) is 0. The second kappa shape index (κ2) is 4.96. The zero-order valence-corrected chi connectivity index (χ0v) is 9.27. The number of hydrogen-bond donors (Lipinski definition) is 2. The Bertz CT molecular complexity index is 178. The molecular formula is C9H16BrNO2. The van der Waals surface area contributed by atoms with Gasteiger partial charge in [-0.25, -0.2) is 0 Å². The molecule has 0 aromatic heterocycles. The van der Waals surface area contributed by atoms with E-state index in [2.05, 4.69) is 21.2 Å². The van der Waals surface area contributed by atoms with Crippen molar-refractivity contribution in [3.8, 4) is 0 Å². The van der Waals surface area contributed by atoms with Crippen molar-refractivity contribution in [2.45, 2.75) is 25.7 Å². The van der Waals surface area contributed by atoms with Crippen LogP contribution in [0.1, 0.15) is 25.7 Å². The first-order chi connectivity index (χ1) is 6.22. The number of carbonyl (C=O) groups is 1. The minimum absolute atomic E-state index is 0.000255. The lowest BCUT2D eigenvalue weighted by molar-refractivity contribution is -0.119. The molecule has 4 heteroatoms. The molecule has 1 rings (SSSR count). The fraction of sp³-hybridized carbons (Fsp3) is 0.889. The third-order valence-electron chi connectivity index (χ3n) is 2.78. The lowest BCUT2D eigenvalue weighted by Crippen LogP contribution is -2.38. The third kappa shape index (κ3) is 2.95. The molecule has 2 N–H and O–H groups in total. The average molecular weight is 250 g/mol. The van der Waals surface area contributed by atoms with Gasteiger partial charge < -0.3 is 10.4 Å². The molecule has 0 aliphatic heterocycles. The molecule has 0 spiro atoms. The van der Waals surface area contributed by atoms with Crippen molar-refractivity contribution in [1.29, 1.82) is 0 Å². The maximum absolute atomic E-state index is 11.0. The summed E-state index contributed by atoms with van der Waals surface area (Å²) in [7, 11) is 0. The Morgan fingerprint density at radius 1 is 1.46 bits per heavy atom. The normalized spacial score (nSPS) is 20.2. The smallest absolute Gasteiger partial charge is 0.230 e. The van der Waals surface area contributed by atoms with Crippen molar-refractivity contribution in [2.75, 3.05) is 18.5 Å². The Hall–Kier alpha value is -0.0900. The van der Waals surface area contributed by atoms with Gasteiger partial charge in [-0.3, -0.25) is 4.79 Å². The van der Waals surface area contributed by atoms with Crippen LogP contribution in [-0.4, -0.2) is 29.5 Å². The largest absolute Gasteiger partial charge is 0.396 e. The lowest BCUT2D eigenvalue weighted by Gasteiger charge is -2.26. The molecule has 1 amide bonds. The van der Waals surface area contributed by atoms with E-state index in [0.29, 0.717) is 11.9 Å². The monoisotopic (exact) mass is 249 g/mol. The van der Waals surface area contributed by atoms with Crippen molar-refractivity contribution in [1.82, 2.24) is 5.32 Å². The molecule has 1 aliphatic rings. The second-order valence-electron chi connectivity index (χ2n) is 3.78. The number of rotatable bonds is 4. The van der Waals surface area contributed by atoms with Crippen LogP contribution in [0.15, 0.2) is 0 Å². The van der Waals surface area contributed by atoms with E-state index >= 15 is 0 Å². The van der Waals surface area contributed by atoms with Gasteiger partial charge in [0.05, 0.1) is 11.9 Å². The van der Waals surface area contributed by atoms with Gasteiger partial charge in [0.2, 0.25) is 5.91 Å². The predicted octanol–water partition coefficient (Wildman–Crippen LogP) is 1.05. The van der Waals surface area contributed by atoms with Gasteiger partial charge in [-0.1, -0.05) is 28.8 Å². The van der Waals surface area contributed by atoms with Crippen LogP contribution in [0.3, 0.4) is 0 Å². The van der Waals surface area contributed by atoms with Gasteiger partial charge in [0.15, 0.2) is 0 Å². The van der Waals surface area contributed by atoms with Crippen LogP contribution in [0.25, 0.3) is 0 Å². The Morgan fingerprint density at radius 2 is 2.08 bits per heavy atom. The highest BCUT2D eigenvalue weighted by Crippen LogP contribution is 2.36. The van der Waals surface area contributed by atoms with E-state index in [4.69, 9.17) is 0 Å². The summed E-state index contributed by atoms with van der Waals surface area (Å²) in [5, 5.41) is 12.4. The summed E-state index contributed by atoms with van der Waals surface area (Å²) >= 11 is 3.09. The summed E-state index contributed by atoms with van der Waals surface area (Å²) in [5.74, 6) is -0.000255. The summed E-state index contributed by atoms with van der Waals surface area (Å²) < 4.78 is 0. The number of aliphatic hydroxyl groups is 1. The van der Waals surface area contributed by atoms with Crippen molar-refractivity contribution < 1.29 is 9.90 Å². The maximum atomic E-state index is 11.0. The number of aliphatic hydroxyl groups excluding tert-OH is 1. The quantitative estimate of drug-likeness (QED) is 0.733.